The molecule has 4 heteroatoms. The number of hydrogen-bond donors (Lipinski definition) is 0. The van der Waals surface area contributed by atoms with Gasteiger partial charge >= 0.3 is 0 Å². The maximum absolute atomic E-state index is 12.6. The number of ether oxygens (including phenoxy) is 1. The maximum Gasteiger partial charge on any atom is 0.186 e. The zero-order valence-corrected chi connectivity index (χ0v) is 15.6. The van der Waals surface area contributed by atoms with E-state index in [2.05, 4.69) is 16.7 Å². The molecule has 28 heavy (non-hydrogen) atoms. The first kappa shape index (κ1) is 17.7. The Kier molecular flexibility index (Phi) is 5.02. The molecule has 0 bridgehead atoms. The second-order valence-electron chi connectivity index (χ2n) is 6.46. The molecule has 4 aromatic rings. The summed E-state index contributed by atoms with van der Waals surface area (Å²) in [6.07, 6.45) is 3.35. The van der Waals surface area contributed by atoms with Gasteiger partial charge in [-0.15, -0.1) is 0 Å². The molecule has 0 aliphatic carbocycles. The number of carbonyl (C=O) groups excluding carboxylic acids is 1. The molecule has 0 fully saturated rings. The van der Waals surface area contributed by atoms with Crippen molar-refractivity contribution in [1.82, 2.24) is 9.55 Å². The van der Waals surface area contributed by atoms with E-state index in [0.29, 0.717) is 17.9 Å². The molecule has 0 saturated carbocycles. The van der Waals surface area contributed by atoms with Crippen LogP contribution in [0.2, 0.25) is 0 Å². The molecular weight excluding hydrogens is 348 g/mol. The third-order valence-corrected chi connectivity index (χ3v) is 4.61. The zero-order valence-electron chi connectivity index (χ0n) is 15.6. The topological polar surface area (TPSA) is 44.1 Å². The molecule has 0 aliphatic heterocycles. The smallest absolute Gasteiger partial charge is 0.186 e. The van der Waals surface area contributed by atoms with Crippen LogP contribution in [0.15, 0.2) is 84.9 Å². The van der Waals surface area contributed by atoms with E-state index in [0.717, 1.165) is 16.9 Å². The second-order valence-corrected chi connectivity index (χ2v) is 6.46. The van der Waals surface area contributed by atoms with Gasteiger partial charge in [0, 0.05) is 12.1 Å². The van der Waals surface area contributed by atoms with Crippen molar-refractivity contribution < 1.29 is 9.53 Å². The number of para-hydroxylation sites is 2. The lowest BCUT2D eigenvalue weighted by Crippen LogP contribution is -2.02. The van der Waals surface area contributed by atoms with E-state index in [-0.39, 0.29) is 5.78 Å². The van der Waals surface area contributed by atoms with Crippen molar-refractivity contribution in [2.24, 2.45) is 0 Å². The monoisotopic (exact) mass is 368 g/mol. The lowest BCUT2D eigenvalue weighted by Gasteiger charge is -2.07. The summed E-state index contributed by atoms with van der Waals surface area (Å²) < 4.78 is 7.33. The third kappa shape index (κ3) is 3.71. The highest BCUT2D eigenvalue weighted by molar-refractivity contribution is 6.07. The van der Waals surface area contributed by atoms with Gasteiger partial charge in [0.15, 0.2) is 5.78 Å². The van der Waals surface area contributed by atoms with Gasteiger partial charge in [-0.2, -0.15) is 0 Å². The Bertz CT molecular complexity index is 1140. The molecule has 4 nitrogen and oxygen atoms in total. The SMILES string of the molecule is COc1cccc(C(=O)/C=C/c2nc3ccccc3n2Cc2ccccc2)c1. The molecule has 0 radical (unpaired) electrons. The first-order valence-electron chi connectivity index (χ1n) is 9.10. The van der Waals surface area contributed by atoms with Gasteiger partial charge < -0.3 is 9.30 Å². The number of benzene rings is 3. The van der Waals surface area contributed by atoms with Crippen LogP contribution < -0.4 is 4.74 Å². The summed E-state index contributed by atoms with van der Waals surface area (Å²) in [4.78, 5) is 17.3. The van der Waals surface area contributed by atoms with Crippen LogP contribution in [0, 0.1) is 0 Å². The lowest BCUT2D eigenvalue weighted by molar-refractivity contribution is 0.104. The number of nitrogens with zero attached hydrogens (tertiary/aromatic N) is 2. The number of ketones is 1. The summed E-state index contributed by atoms with van der Waals surface area (Å²) in [5.74, 6) is 1.33. The van der Waals surface area contributed by atoms with Crippen molar-refractivity contribution in [3.8, 4) is 5.75 Å². The summed E-state index contributed by atoms with van der Waals surface area (Å²) in [7, 11) is 1.59. The van der Waals surface area contributed by atoms with E-state index >= 15 is 0 Å². The maximum atomic E-state index is 12.6. The van der Waals surface area contributed by atoms with Crippen LogP contribution in [-0.2, 0) is 6.54 Å². The summed E-state index contributed by atoms with van der Waals surface area (Å²) in [5, 5.41) is 0. The van der Waals surface area contributed by atoms with Gasteiger partial charge in [0.25, 0.3) is 0 Å². The van der Waals surface area contributed by atoms with Crippen LogP contribution in [0.25, 0.3) is 17.1 Å². The average Bonchev–Trinajstić information content (AvgIpc) is 3.10. The first-order chi connectivity index (χ1) is 13.7. The molecule has 0 N–H and O–H groups in total. The van der Waals surface area contributed by atoms with E-state index in [9.17, 15) is 4.79 Å². The van der Waals surface area contributed by atoms with Crippen molar-refractivity contribution >= 4 is 22.9 Å². The molecule has 3 aromatic carbocycles. The van der Waals surface area contributed by atoms with Gasteiger partial charge in [0.1, 0.15) is 11.6 Å². The summed E-state index contributed by atoms with van der Waals surface area (Å²) in [6, 6.07) is 25.4. The average molecular weight is 368 g/mol. The Hall–Kier alpha value is -3.66. The highest BCUT2D eigenvalue weighted by Crippen LogP contribution is 2.20. The van der Waals surface area contributed by atoms with Gasteiger partial charge in [0.05, 0.1) is 18.1 Å². The lowest BCUT2D eigenvalue weighted by atomic mass is 10.1. The van der Waals surface area contributed by atoms with Crippen LogP contribution in [0.1, 0.15) is 21.7 Å². The molecule has 0 saturated heterocycles. The van der Waals surface area contributed by atoms with Crippen molar-refractivity contribution in [2.75, 3.05) is 7.11 Å². The highest BCUT2D eigenvalue weighted by Gasteiger charge is 2.10. The van der Waals surface area contributed by atoms with Crippen molar-refractivity contribution in [3.05, 3.63) is 102 Å². The quantitative estimate of drug-likeness (QED) is 0.356. The number of carbonyl (C=O) groups is 1. The number of allylic oxidation sites excluding steroid dienone is 1. The fraction of sp³-hybridized carbons (Fsp3) is 0.0833. The summed E-state index contributed by atoms with van der Waals surface area (Å²) in [5.41, 5.74) is 3.72. The Balaban J connectivity index is 1.68. The van der Waals surface area contributed by atoms with Gasteiger partial charge in [-0.05, 0) is 42.0 Å². The van der Waals surface area contributed by atoms with E-state index in [4.69, 9.17) is 9.72 Å². The van der Waals surface area contributed by atoms with Crippen LogP contribution in [0.3, 0.4) is 0 Å². The summed E-state index contributed by atoms with van der Waals surface area (Å²) >= 11 is 0. The number of hydrogen-bond acceptors (Lipinski definition) is 3. The fourth-order valence-electron chi connectivity index (χ4n) is 3.18. The molecule has 0 atom stereocenters. The fourth-order valence-corrected chi connectivity index (χ4v) is 3.18. The Morgan fingerprint density at radius 2 is 1.79 bits per heavy atom. The van der Waals surface area contributed by atoms with Gasteiger partial charge in [-0.25, -0.2) is 4.98 Å². The minimum atomic E-state index is -0.0859. The van der Waals surface area contributed by atoms with Crippen LogP contribution >= 0.6 is 0 Å². The number of imidazole rings is 1. The van der Waals surface area contributed by atoms with Crippen molar-refractivity contribution in [2.45, 2.75) is 6.54 Å². The first-order valence-corrected chi connectivity index (χ1v) is 9.10. The van der Waals surface area contributed by atoms with E-state index in [1.807, 2.05) is 54.6 Å². The number of aromatic nitrogens is 2. The van der Waals surface area contributed by atoms with Crippen LogP contribution in [0.5, 0.6) is 5.75 Å². The number of methoxy groups -OCH3 is 1. The molecule has 0 spiro atoms. The van der Waals surface area contributed by atoms with Gasteiger partial charge in [-0.3, -0.25) is 4.79 Å². The molecule has 0 unspecified atom stereocenters. The molecule has 0 aliphatic rings. The Labute approximate surface area is 163 Å². The molecule has 0 amide bonds. The largest absolute Gasteiger partial charge is 0.497 e. The predicted octanol–water partition coefficient (Wildman–Crippen LogP) is 4.99. The number of rotatable bonds is 6. The Morgan fingerprint density at radius 1 is 1.00 bits per heavy atom. The normalized spacial score (nSPS) is 11.2. The minimum absolute atomic E-state index is 0.0859. The Morgan fingerprint density at radius 3 is 2.61 bits per heavy atom. The van der Waals surface area contributed by atoms with E-state index in [1.54, 1.807) is 31.4 Å². The molecule has 4 rings (SSSR count). The molecule has 1 heterocycles. The van der Waals surface area contributed by atoms with Crippen LogP contribution in [-0.4, -0.2) is 22.4 Å². The van der Waals surface area contributed by atoms with E-state index in [1.165, 1.54) is 5.56 Å². The van der Waals surface area contributed by atoms with Crippen LogP contribution in [0.4, 0.5) is 0 Å². The van der Waals surface area contributed by atoms with Crippen molar-refractivity contribution in [1.29, 1.82) is 0 Å². The minimum Gasteiger partial charge on any atom is -0.497 e. The summed E-state index contributed by atoms with van der Waals surface area (Å²) in [6.45, 7) is 0.689. The van der Waals surface area contributed by atoms with Gasteiger partial charge in [0.2, 0.25) is 0 Å². The second kappa shape index (κ2) is 7.92. The zero-order chi connectivity index (χ0) is 19.3. The predicted molar refractivity (Wildman–Crippen MR) is 112 cm³/mol. The third-order valence-electron chi connectivity index (χ3n) is 4.61. The number of fused-ring (bicyclic) bond motifs is 1. The molecule has 138 valence electrons. The standard InChI is InChI=1S/C24H20N2O2/c1-28-20-11-7-10-19(16-20)23(27)14-15-24-25-21-12-5-6-13-22(21)26(24)17-18-8-3-2-4-9-18/h2-16H,17H2,1H3/b15-14+. The highest BCUT2D eigenvalue weighted by atomic mass is 16.5. The molecular formula is C24H20N2O2. The van der Waals surface area contributed by atoms with Crippen molar-refractivity contribution in [3.63, 3.8) is 0 Å². The molecule has 1 aromatic heterocycles. The van der Waals surface area contributed by atoms with Gasteiger partial charge in [-0.1, -0.05) is 54.6 Å². The van der Waals surface area contributed by atoms with E-state index < -0.39 is 0 Å².